The second kappa shape index (κ2) is 16.2. The molecule has 0 aromatic carbocycles. The molecule has 2 aromatic rings. The number of hydrogen-bond acceptors (Lipinski definition) is 18. The Labute approximate surface area is 277 Å². The number of H-pyrrole nitrogens is 2. The lowest BCUT2D eigenvalue weighted by molar-refractivity contribution is -0.0542. The monoisotopic (exact) mass is 804 g/mol. The molecule has 284 valence electrons. The second-order valence-corrected chi connectivity index (χ2v) is 16.7. The number of phosphoric ester groups is 2. The van der Waals surface area contributed by atoms with Gasteiger partial charge in [-0.25, -0.2) is 27.8 Å². The summed E-state index contributed by atoms with van der Waals surface area (Å²) in [5, 5.41) is 41.2. The summed E-state index contributed by atoms with van der Waals surface area (Å²) >= 11 is 0. The van der Waals surface area contributed by atoms with Crippen molar-refractivity contribution in [1.82, 2.24) is 19.1 Å². The lowest BCUT2D eigenvalue weighted by Gasteiger charge is -2.29. The number of nitrogens with one attached hydrogen (secondary N) is 2. The van der Waals surface area contributed by atoms with Crippen LogP contribution in [0.5, 0.6) is 0 Å². The standard InChI is InChI=1S/C20H32N4O22P4/c1-9(14(27)15(28)10(2)23-5-3-12(25)21-19(23)31)7-41-47(33,34)44-49(37,38)46-50(39,40)45-48(35,36)42-8-11-16(29)17(30)18(43-11)24-6-4-13(26)22-20(24)32/h3-6,9-11,14-18,27-30H,7-8H2,1-2H3,(H,33,34)(H,35,36)(H,37,38)(H,39,40)(H,21,25,31)(H,22,26,32). The molecular formula is C20H32N4O22P4. The van der Waals surface area contributed by atoms with Gasteiger partial charge in [0, 0.05) is 30.4 Å². The molecule has 1 aliphatic heterocycles. The van der Waals surface area contributed by atoms with E-state index in [1.54, 1.807) is 0 Å². The molecule has 2 aromatic heterocycles. The van der Waals surface area contributed by atoms with E-state index in [4.69, 9.17) is 4.74 Å². The summed E-state index contributed by atoms with van der Waals surface area (Å²) in [6, 6.07) is 0.663. The van der Waals surface area contributed by atoms with Crippen LogP contribution in [0.25, 0.3) is 0 Å². The number of aromatic nitrogens is 4. The molecule has 12 atom stereocenters. The van der Waals surface area contributed by atoms with E-state index < -0.39 is 116 Å². The third-order valence-electron chi connectivity index (χ3n) is 6.70. The molecule has 30 heteroatoms. The van der Waals surface area contributed by atoms with Gasteiger partial charge in [-0.2, -0.15) is 12.9 Å². The summed E-state index contributed by atoms with van der Waals surface area (Å²) in [6.07, 6.45) is -8.81. The molecule has 0 spiro atoms. The summed E-state index contributed by atoms with van der Waals surface area (Å²) in [4.78, 5) is 89.3. The van der Waals surface area contributed by atoms with Crippen molar-refractivity contribution in [3.8, 4) is 0 Å². The highest BCUT2D eigenvalue weighted by Gasteiger charge is 2.48. The van der Waals surface area contributed by atoms with Crippen LogP contribution in [-0.4, -0.2) is 103 Å². The van der Waals surface area contributed by atoms with Crippen molar-refractivity contribution in [3.63, 3.8) is 0 Å². The molecule has 26 nitrogen and oxygen atoms in total. The number of nitrogens with zero attached hydrogens (tertiary/aromatic N) is 2. The highest BCUT2D eigenvalue weighted by molar-refractivity contribution is 7.69. The van der Waals surface area contributed by atoms with E-state index in [2.05, 4.69) is 22.0 Å². The molecule has 1 saturated heterocycles. The molecule has 3 heterocycles. The van der Waals surface area contributed by atoms with E-state index >= 15 is 0 Å². The molecule has 1 aliphatic rings. The van der Waals surface area contributed by atoms with Crippen LogP contribution in [0.3, 0.4) is 0 Å². The molecule has 3 rings (SSSR count). The fourth-order valence-corrected chi connectivity index (χ4v) is 9.25. The predicted molar refractivity (Wildman–Crippen MR) is 159 cm³/mol. The predicted octanol–water partition coefficient (Wildman–Crippen LogP) is -2.89. The van der Waals surface area contributed by atoms with Crippen LogP contribution in [0.1, 0.15) is 26.1 Å². The smallest absolute Gasteiger partial charge is 0.390 e. The van der Waals surface area contributed by atoms with Crippen LogP contribution in [0.4, 0.5) is 0 Å². The van der Waals surface area contributed by atoms with Crippen LogP contribution in [0, 0.1) is 5.92 Å². The van der Waals surface area contributed by atoms with E-state index in [1.165, 1.54) is 6.92 Å². The Balaban J connectivity index is 1.54. The van der Waals surface area contributed by atoms with Crippen LogP contribution >= 0.6 is 31.3 Å². The maximum Gasteiger partial charge on any atom is 0.490 e. The lowest BCUT2D eigenvalue weighted by Crippen LogP contribution is -2.43. The SMILES string of the molecule is CC(COP(=O)(O)OP(=O)(O)OP(=O)(O)OP(=O)(O)OCC1OC(n2ccc(=O)[nH]c2=O)C(O)C1O)C(O)C(O)C(C)n1ccc(=O)[nH]c1=O. The third kappa shape index (κ3) is 11.4. The summed E-state index contributed by atoms with van der Waals surface area (Å²) in [6.45, 7) is 0.221. The number of aliphatic hydroxyl groups excluding tert-OH is 4. The summed E-state index contributed by atoms with van der Waals surface area (Å²) < 4.78 is 75.8. The van der Waals surface area contributed by atoms with Gasteiger partial charge < -0.3 is 44.7 Å². The maximum absolute atomic E-state index is 12.2. The molecule has 0 radical (unpaired) electrons. The van der Waals surface area contributed by atoms with Crippen molar-refractivity contribution < 1.29 is 85.0 Å². The first kappa shape index (κ1) is 42.1. The second-order valence-electron chi connectivity index (χ2n) is 10.5. The van der Waals surface area contributed by atoms with Gasteiger partial charge in [0.05, 0.1) is 25.4 Å². The zero-order chi connectivity index (χ0) is 38.0. The average Bonchev–Trinajstić information content (AvgIpc) is 3.24. The van der Waals surface area contributed by atoms with Gasteiger partial charge in [-0.15, -0.1) is 0 Å². The molecule has 0 bridgehead atoms. The molecule has 0 aliphatic carbocycles. The average molecular weight is 804 g/mol. The summed E-state index contributed by atoms with van der Waals surface area (Å²) in [7, 11) is -24.0. The highest BCUT2D eigenvalue weighted by atomic mass is 31.3. The number of aromatic amines is 2. The van der Waals surface area contributed by atoms with Gasteiger partial charge in [0.2, 0.25) is 0 Å². The first-order valence-corrected chi connectivity index (χ1v) is 19.6. The Hall–Kier alpha value is -2.28. The molecule has 0 amide bonds. The summed E-state index contributed by atoms with van der Waals surface area (Å²) in [5.41, 5.74) is -3.55. The van der Waals surface area contributed by atoms with Crippen molar-refractivity contribution in [1.29, 1.82) is 0 Å². The zero-order valence-electron chi connectivity index (χ0n) is 25.3. The van der Waals surface area contributed by atoms with E-state index in [-0.39, 0.29) is 0 Å². The molecule has 0 saturated carbocycles. The van der Waals surface area contributed by atoms with Gasteiger partial charge in [0.1, 0.15) is 24.4 Å². The largest absolute Gasteiger partial charge is 0.490 e. The van der Waals surface area contributed by atoms with Crippen LogP contribution < -0.4 is 22.5 Å². The fourth-order valence-electron chi connectivity index (χ4n) is 4.21. The molecule has 50 heavy (non-hydrogen) atoms. The molecule has 12 unspecified atom stereocenters. The van der Waals surface area contributed by atoms with Gasteiger partial charge in [-0.1, -0.05) is 6.92 Å². The normalized spacial score (nSPS) is 26.8. The summed E-state index contributed by atoms with van der Waals surface area (Å²) in [5.74, 6) is -1.28. The Bertz CT molecular complexity index is 1940. The van der Waals surface area contributed by atoms with Gasteiger partial charge in [-0.05, 0) is 6.92 Å². The zero-order valence-corrected chi connectivity index (χ0v) is 28.9. The first-order valence-electron chi connectivity index (χ1n) is 13.6. The topological polar surface area (TPSA) is 395 Å². The van der Waals surface area contributed by atoms with Gasteiger partial charge in [0.15, 0.2) is 6.23 Å². The molecule has 10 N–H and O–H groups in total. The highest BCUT2D eigenvalue weighted by Crippen LogP contribution is 2.71. The quantitative estimate of drug-likeness (QED) is 0.0717. The van der Waals surface area contributed by atoms with E-state index in [9.17, 15) is 77.4 Å². The van der Waals surface area contributed by atoms with E-state index in [0.717, 1.165) is 36.0 Å². The van der Waals surface area contributed by atoms with Gasteiger partial charge >= 0.3 is 42.7 Å². The molecular weight excluding hydrogens is 772 g/mol. The Morgan fingerprint density at radius 2 is 1.26 bits per heavy atom. The van der Waals surface area contributed by atoms with E-state index in [0.29, 0.717) is 4.57 Å². The Morgan fingerprint density at radius 1 is 0.760 bits per heavy atom. The van der Waals surface area contributed by atoms with Crippen molar-refractivity contribution in [2.24, 2.45) is 5.92 Å². The van der Waals surface area contributed by atoms with Crippen molar-refractivity contribution in [3.05, 3.63) is 66.2 Å². The van der Waals surface area contributed by atoms with Crippen LogP contribution in [0.15, 0.2) is 43.7 Å². The first-order chi connectivity index (χ1) is 22.8. The van der Waals surface area contributed by atoms with Crippen molar-refractivity contribution in [2.45, 2.75) is 56.6 Å². The minimum atomic E-state index is -6.21. The number of phosphoric acid groups is 4. The van der Waals surface area contributed by atoms with Crippen molar-refractivity contribution >= 4 is 31.3 Å². The lowest BCUT2D eigenvalue weighted by atomic mass is 9.96. The number of aliphatic hydroxyl groups is 4. The van der Waals surface area contributed by atoms with Crippen LogP contribution in [-0.2, 0) is 45.0 Å². The van der Waals surface area contributed by atoms with Crippen molar-refractivity contribution in [2.75, 3.05) is 13.2 Å². The minimum Gasteiger partial charge on any atom is -0.390 e. The fraction of sp³-hybridized carbons (Fsp3) is 0.600. The molecule has 1 fully saturated rings. The Kier molecular flexibility index (Phi) is 13.6. The third-order valence-corrected chi connectivity index (χ3v) is 12.6. The van der Waals surface area contributed by atoms with Crippen LogP contribution in [0.2, 0.25) is 0 Å². The number of rotatable bonds is 17. The maximum atomic E-state index is 12.2. The number of ether oxygens (including phenoxy) is 1. The minimum absolute atomic E-state index is 0.648. The van der Waals surface area contributed by atoms with Gasteiger partial charge in [-0.3, -0.25) is 37.7 Å². The van der Waals surface area contributed by atoms with Gasteiger partial charge in [0.25, 0.3) is 11.1 Å². The van der Waals surface area contributed by atoms with E-state index in [1.807, 2.05) is 9.97 Å². The Morgan fingerprint density at radius 3 is 1.80 bits per heavy atom. The number of hydrogen-bond donors (Lipinski definition) is 10.